The monoisotopic (exact) mass is 287 g/mol. The van der Waals surface area contributed by atoms with E-state index in [9.17, 15) is 14.0 Å². The minimum atomic E-state index is -1.31. The summed E-state index contributed by atoms with van der Waals surface area (Å²) in [6.07, 6.45) is 5.55. The lowest BCUT2D eigenvalue weighted by Gasteiger charge is -2.18. The second kappa shape index (κ2) is 5.16. The van der Waals surface area contributed by atoms with Crippen molar-refractivity contribution in [2.75, 3.05) is 6.54 Å². The van der Waals surface area contributed by atoms with Gasteiger partial charge in [0.1, 0.15) is 11.4 Å². The van der Waals surface area contributed by atoms with Crippen LogP contribution >= 0.6 is 0 Å². The van der Waals surface area contributed by atoms with Gasteiger partial charge >= 0.3 is 5.97 Å². The number of allylic oxidation sites excluding steroid dienone is 1. The number of hydrogen-bond donors (Lipinski definition) is 1. The molecule has 0 saturated heterocycles. The molecule has 1 N–H and O–H groups in total. The Labute approximate surface area is 121 Å². The zero-order chi connectivity index (χ0) is 15.0. The van der Waals surface area contributed by atoms with Crippen LogP contribution in [0.25, 0.3) is 0 Å². The molecule has 0 unspecified atom stereocenters. The summed E-state index contributed by atoms with van der Waals surface area (Å²) in [6.45, 7) is 0.604. The Morgan fingerprint density at radius 2 is 2.19 bits per heavy atom. The fourth-order valence-electron chi connectivity index (χ4n) is 2.84. The van der Waals surface area contributed by atoms with E-state index >= 15 is 0 Å². The van der Waals surface area contributed by atoms with Crippen molar-refractivity contribution < 1.29 is 19.1 Å². The third kappa shape index (κ3) is 2.35. The first-order chi connectivity index (χ1) is 10.1. The van der Waals surface area contributed by atoms with E-state index in [4.69, 9.17) is 5.11 Å². The maximum absolute atomic E-state index is 13.7. The van der Waals surface area contributed by atoms with Crippen LogP contribution in [0.2, 0.25) is 0 Å². The van der Waals surface area contributed by atoms with Crippen LogP contribution in [0, 0.1) is 5.82 Å². The molecule has 108 valence electrons. The topological polar surface area (TPSA) is 57.6 Å². The third-order valence-electron chi connectivity index (χ3n) is 3.85. The van der Waals surface area contributed by atoms with Crippen LogP contribution in [-0.4, -0.2) is 28.4 Å². The number of hydrogen-bond acceptors (Lipinski definition) is 2. The summed E-state index contributed by atoms with van der Waals surface area (Å²) in [5, 5.41) is 9.13. The SMILES string of the molecule is O=C(O)c1c(F)cccc1CN1CC2=C(C=CCC2)C1=O. The van der Waals surface area contributed by atoms with Gasteiger partial charge in [-0.2, -0.15) is 0 Å². The summed E-state index contributed by atoms with van der Waals surface area (Å²) in [5.41, 5.74) is 1.75. The molecule has 1 aliphatic heterocycles. The van der Waals surface area contributed by atoms with E-state index in [2.05, 4.69) is 0 Å². The number of carbonyl (C=O) groups excluding carboxylic acids is 1. The Hall–Kier alpha value is -2.43. The van der Waals surface area contributed by atoms with Crippen molar-refractivity contribution >= 4 is 11.9 Å². The predicted molar refractivity (Wildman–Crippen MR) is 74.2 cm³/mol. The van der Waals surface area contributed by atoms with E-state index in [1.165, 1.54) is 6.07 Å². The average molecular weight is 287 g/mol. The van der Waals surface area contributed by atoms with Gasteiger partial charge < -0.3 is 10.0 Å². The zero-order valence-corrected chi connectivity index (χ0v) is 11.3. The summed E-state index contributed by atoms with van der Waals surface area (Å²) >= 11 is 0. The van der Waals surface area contributed by atoms with E-state index in [0.717, 1.165) is 24.5 Å². The van der Waals surface area contributed by atoms with Crippen LogP contribution in [0.5, 0.6) is 0 Å². The van der Waals surface area contributed by atoms with Gasteiger partial charge in [0.05, 0.1) is 0 Å². The standard InChI is InChI=1S/C16H14FNO3/c17-13-7-3-5-11(14(13)16(20)21)9-18-8-10-4-1-2-6-12(10)15(18)19/h2-3,5-7H,1,4,8-9H2,(H,20,21). The van der Waals surface area contributed by atoms with Crippen molar-refractivity contribution in [3.05, 3.63) is 58.4 Å². The predicted octanol–water partition coefficient (Wildman–Crippen LogP) is 2.51. The minimum absolute atomic E-state index is 0.110. The van der Waals surface area contributed by atoms with Gasteiger partial charge in [-0.05, 0) is 30.0 Å². The number of carboxylic acids is 1. The smallest absolute Gasteiger partial charge is 0.339 e. The maximum atomic E-state index is 13.7. The molecule has 1 aromatic rings. The Kier molecular flexibility index (Phi) is 3.33. The number of amides is 1. The minimum Gasteiger partial charge on any atom is -0.478 e. The summed E-state index contributed by atoms with van der Waals surface area (Å²) in [5.74, 6) is -2.20. The van der Waals surface area contributed by atoms with Crippen LogP contribution in [0.15, 0.2) is 41.5 Å². The van der Waals surface area contributed by atoms with Crippen molar-refractivity contribution in [3.8, 4) is 0 Å². The van der Waals surface area contributed by atoms with E-state index in [1.54, 1.807) is 11.0 Å². The van der Waals surface area contributed by atoms with E-state index in [0.29, 0.717) is 17.7 Å². The quantitative estimate of drug-likeness (QED) is 0.929. The molecule has 1 aliphatic carbocycles. The Morgan fingerprint density at radius 1 is 1.38 bits per heavy atom. The molecular formula is C16H14FNO3. The van der Waals surface area contributed by atoms with Crippen LogP contribution < -0.4 is 0 Å². The highest BCUT2D eigenvalue weighted by Gasteiger charge is 2.30. The molecule has 1 heterocycles. The molecule has 1 amide bonds. The molecule has 2 aliphatic rings. The molecule has 0 saturated carbocycles. The van der Waals surface area contributed by atoms with Crippen molar-refractivity contribution in [2.45, 2.75) is 19.4 Å². The molecule has 4 nitrogen and oxygen atoms in total. The van der Waals surface area contributed by atoms with Gasteiger partial charge in [-0.1, -0.05) is 24.3 Å². The van der Waals surface area contributed by atoms with Gasteiger partial charge in [0.2, 0.25) is 0 Å². The van der Waals surface area contributed by atoms with Crippen molar-refractivity contribution in [1.82, 2.24) is 4.90 Å². The highest BCUT2D eigenvalue weighted by atomic mass is 19.1. The van der Waals surface area contributed by atoms with E-state index in [-0.39, 0.29) is 18.0 Å². The fourth-order valence-corrected chi connectivity index (χ4v) is 2.84. The first kappa shape index (κ1) is 13.5. The lowest BCUT2D eigenvalue weighted by atomic mass is 10.0. The molecule has 0 radical (unpaired) electrons. The normalized spacial score (nSPS) is 17.4. The molecular weight excluding hydrogens is 273 g/mol. The summed E-state index contributed by atoms with van der Waals surface area (Å²) in [4.78, 5) is 25.0. The van der Waals surface area contributed by atoms with Gasteiger partial charge in [-0.15, -0.1) is 0 Å². The fraction of sp³-hybridized carbons (Fsp3) is 0.250. The first-order valence-corrected chi connectivity index (χ1v) is 6.76. The third-order valence-corrected chi connectivity index (χ3v) is 3.85. The summed E-state index contributed by atoms with van der Waals surface area (Å²) < 4.78 is 13.7. The number of carboxylic acid groups (broad SMARTS) is 1. The molecule has 0 fully saturated rings. The van der Waals surface area contributed by atoms with Crippen molar-refractivity contribution in [2.24, 2.45) is 0 Å². The molecule has 1 aromatic carbocycles. The molecule has 0 spiro atoms. The number of rotatable bonds is 3. The second-order valence-electron chi connectivity index (χ2n) is 5.20. The van der Waals surface area contributed by atoms with Crippen LogP contribution in [0.1, 0.15) is 28.8 Å². The highest BCUT2D eigenvalue weighted by Crippen LogP contribution is 2.29. The Bertz CT molecular complexity index is 691. The largest absolute Gasteiger partial charge is 0.478 e. The lowest BCUT2D eigenvalue weighted by Crippen LogP contribution is -2.27. The number of benzene rings is 1. The molecule has 3 rings (SSSR count). The average Bonchev–Trinajstić information content (AvgIpc) is 2.76. The molecule has 0 atom stereocenters. The summed E-state index contributed by atoms with van der Waals surface area (Å²) in [7, 11) is 0. The molecule has 5 heteroatoms. The van der Waals surface area contributed by atoms with Gasteiger partial charge in [0.15, 0.2) is 0 Å². The molecule has 0 bridgehead atoms. The van der Waals surface area contributed by atoms with Crippen molar-refractivity contribution in [3.63, 3.8) is 0 Å². The molecule has 0 aromatic heterocycles. The van der Waals surface area contributed by atoms with Gasteiger partial charge in [-0.25, -0.2) is 9.18 Å². The lowest BCUT2D eigenvalue weighted by molar-refractivity contribution is -0.125. The van der Waals surface area contributed by atoms with Gasteiger partial charge in [0, 0.05) is 18.7 Å². The van der Waals surface area contributed by atoms with Gasteiger partial charge in [-0.3, -0.25) is 4.79 Å². The number of halogens is 1. The summed E-state index contributed by atoms with van der Waals surface area (Å²) in [6, 6.07) is 4.13. The first-order valence-electron chi connectivity index (χ1n) is 6.76. The van der Waals surface area contributed by atoms with Gasteiger partial charge in [0.25, 0.3) is 5.91 Å². The number of carbonyl (C=O) groups is 2. The zero-order valence-electron chi connectivity index (χ0n) is 11.3. The van der Waals surface area contributed by atoms with Crippen LogP contribution in [-0.2, 0) is 11.3 Å². The van der Waals surface area contributed by atoms with E-state index in [1.807, 2.05) is 12.2 Å². The van der Waals surface area contributed by atoms with Crippen LogP contribution in [0.3, 0.4) is 0 Å². The van der Waals surface area contributed by atoms with Crippen LogP contribution in [0.4, 0.5) is 4.39 Å². The second-order valence-corrected chi connectivity index (χ2v) is 5.20. The highest BCUT2D eigenvalue weighted by molar-refractivity contribution is 6.00. The van der Waals surface area contributed by atoms with Crippen molar-refractivity contribution in [1.29, 1.82) is 0 Å². The Balaban J connectivity index is 1.86. The van der Waals surface area contributed by atoms with E-state index < -0.39 is 11.8 Å². The molecule has 21 heavy (non-hydrogen) atoms. The number of aromatic carboxylic acids is 1. The number of nitrogens with zero attached hydrogens (tertiary/aromatic N) is 1. The Morgan fingerprint density at radius 3 is 2.90 bits per heavy atom. The maximum Gasteiger partial charge on any atom is 0.339 e.